The molecule has 1 aromatic heterocycles. The summed E-state index contributed by atoms with van der Waals surface area (Å²) in [6.07, 6.45) is 2.46. The van der Waals surface area contributed by atoms with E-state index >= 15 is 0 Å². The van der Waals surface area contributed by atoms with E-state index in [0.717, 1.165) is 16.6 Å². The van der Waals surface area contributed by atoms with Gasteiger partial charge in [-0.05, 0) is 6.42 Å². The fourth-order valence-electron chi connectivity index (χ4n) is 1.44. The molecule has 4 heteroatoms. The van der Waals surface area contributed by atoms with E-state index in [1.54, 1.807) is 6.20 Å². The lowest BCUT2D eigenvalue weighted by molar-refractivity contribution is 0.292. The van der Waals surface area contributed by atoms with Crippen LogP contribution in [0.15, 0.2) is 30.5 Å². The molecule has 2 N–H and O–H groups in total. The van der Waals surface area contributed by atoms with Crippen LogP contribution in [-0.2, 0) is 0 Å². The SMILES string of the molecule is OCCCNc1nncc2ccccc12. The van der Waals surface area contributed by atoms with Gasteiger partial charge in [-0.15, -0.1) is 5.10 Å². The van der Waals surface area contributed by atoms with Crippen molar-refractivity contribution in [2.75, 3.05) is 18.5 Å². The number of nitrogens with zero attached hydrogens (tertiary/aromatic N) is 2. The van der Waals surface area contributed by atoms with Gasteiger partial charge in [-0.1, -0.05) is 24.3 Å². The van der Waals surface area contributed by atoms with Gasteiger partial charge in [0.05, 0.1) is 6.20 Å². The van der Waals surface area contributed by atoms with Crippen molar-refractivity contribution in [1.82, 2.24) is 10.2 Å². The predicted octanol–water partition coefficient (Wildman–Crippen LogP) is 1.42. The molecule has 0 saturated carbocycles. The van der Waals surface area contributed by atoms with E-state index < -0.39 is 0 Å². The highest BCUT2D eigenvalue weighted by atomic mass is 16.3. The first-order chi connectivity index (χ1) is 7.42. The maximum atomic E-state index is 8.68. The Labute approximate surface area is 88.0 Å². The van der Waals surface area contributed by atoms with Gasteiger partial charge in [0.1, 0.15) is 0 Å². The van der Waals surface area contributed by atoms with Gasteiger partial charge in [-0.3, -0.25) is 0 Å². The van der Waals surface area contributed by atoms with Crippen LogP contribution in [0.2, 0.25) is 0 Å². The third-order valence-electron chi connectivity index (χ3n) is 2.20. The van der Waals surface area contributed by atoms with Gasteiger partial charge >= 0.3 is 0 Å². The molecule has 0 unspecified atom stereocenters. The Kier molecular flexibility index (Phi) is 3.09. The van der Waals surface area contributed by atoms with E-state index in [-0.39, 0.29) is 6.61 Å². The number of fused-ring (bicyclic) bond motifs is 1. The molecule has 0 radical (unpaired) electrons. The van der Waals surface area contributed by atoms with Crippen molar-refractivity contribution in [3.05, 3.63) is 30.5 Å². The second kappa shape index (κ2) is 4.70. The van der Waals surface area contributed by atoms with Crippen LogP contribution < -0.4 is 5.32 Å². The second-order valence-electron chi connectivity index (χ2n) is 3.28. The van der Waals surface area contributed by atoms with Gasteiger partial charge in [0.15, 0.2) is 5.82 Å². The Morgan fingerprint density at radius 2 is 2.13 bits per heavy atom. The second-order valence-corrected chi connectivity index (χ2v) is 3.28. The van der Waals surface area contributed by atoms with Crippen molar-refractivity contribution >= 4 is 16.6 Å². The summed E-state index contributed by atoms with van der Waals surface area (Å²) in [4.78, 5) is 0. The molecule has 15 heavy (non-hydrogen) atoms. The Bertz CT molecular complexity index is 439. The minimum absolute atomic E-state index is 0.186. The number of aliphatic hydroxyl groups excluding tert-OH is 1. The number of aromatic nitrogens is 2. The van der Waals surface area contributed by atoms with E-state index in [9.17, 15) is 0 Å². The van der Waals surface area contributed by atoms with Crippen LogP contribution in [0, 0.1) is 0 Å². The van der Waals surface area contributed by atoms with Gasteiger partial charge in [0, 0.05) is 23.9 Å². The zero-order valence-electron chi connectivity index (χ0n) is 8.35. The number of hydrogen-bond acceptors (Lipinski definition) is 4. The molecule has 0 amide bonds. The molecule has 0 saturated heterocycles. The summed E-state index contributed by atoms with van der Waals surface area (Å²) in [5, 5.41) is 21.9. The van der Waals surface area contributed by atoms with Gasteiger partial charge in [0.2, 0.25) is 0 Å². The number of rotatable bonds is 4. The van der Waals surface area contributed by atoms with Crippen LogP contribution in [0.25, 0.3) is 10.8 Å². The highest BCUT2D eigenvalue weighted by Gasteiger charge is 2.00. The number of nitrogens with one attached hydrogen (secondary N) is 1. The molecule has 0 atom stereocenters. The van der Waals surface area contributed by atoms with Crippen molar-refractivity contribution in [2.24, 2.45) is 0 Å². The maximum absolute atomic E-state index is 8.68. The van der Waals surface area contributed by atoms with Crippen LogP contribution in [0.5, 0.6) is 0 Å². The lowest BCUT2D eigenvalue weighted by Gasteiger charge is -2.06. The number of anilines is 1. The average molecular weight is 203 g/mol. The van der Waals surface area contributed by atoms with E-state index in [1.165, 1.54) is 0 Å². The molecular weight excluding hydrogens is 190 g/mol. The molecule has 0 aliphatic carbocycles. The summed E-state index contributed by atoms with van der Waals surface area (Å²) in [6, 6.07) is 7.95. The topological polar surface area (TPSA) is 58.0 Å². The van der Waals surface area contributed by atoms with Crippen molar-refractivity contribution in [1.29, 1.82) is 0 Å². The summed E-state index contributed by atoms with van der Waals surface area (Å²) in [5.41, 5.74) is 0. The van der Waals surface area contributed by atoms with E-state index in [0.29, 0.717) is 13.0 Å². The highest BCUT2D eigenvalue weighted by molar-refractivity contribution is 5.90. The molecule has 0 spiro atoms. The fourth-order valence-corrected chi connectivity index (χ4v) is 1.44. The first-order valence-corrected chi connectivity index (χ1v) is 4.97. The number of aliphatic hydroxyl groups is 1. The average Bonchev–Trinajstić information content (AvgIpc) is 2.30. The van der Waals surface area contributed by atoms with E-state index in [1.807, 2.05) is 24.3 Å². The van der Waals surface area contributed by atoms with Crippen LogP contribution in [0.3, 0.4) is 0 Å². The standard InChI is InChI=1S/C11H13N3O/c15-7-3-6-12-11-10-5-2-1-4-9(10)8-13-14-11/h1-2,4-5,8,15H,3,6-7H2,(H,12,14). The van der Waals surface area contributed by atoms with Crippen LogP contribution >= 0.6 is 0 Å². The summed E-state index contributed by atoms with van der Waals surface area (Å²) < 4.78 is 0. The molecule has 1 heterocycles. The monoisotopic (exact) mass is 203 g/mol. The molecule has 78 valence electrons. The van der Waals surface area contributed by atoms with E-state index in [4.69, 9.17) is 5.11 Å². The van der Waals surface area contributed by atoms with Gasteiger partial charge in [0.25, 0.3) is 0 Å². The largest absolute Gasteiger partial charge is 0.396 e. The van der Waals surface area contributed by atoms with Crippen molar-refractivity contribution in [2.45, 2.75) is 6.42 Å². The maximum Gasteiger partial charge on any atom is 0.156 e. The number of hydrogen-bond donors (Lipinski definition) is 2. The molecule has 0 aliphatic rings. The molecular formula is C11H13N3O. The van der Waals surface area contributed by atoms with Crippen molar-refractivity contribution < 1.29 is 5.11 Å². The Hall–Kier alpha value is -1.68. The minimum Gasteiger partial charge on any atom is -0.396 e. The first-order valence-electron chi connectivity index (χ1n) is 4.97. The molecule has 1 aromatic carbocycles. The molecule has 0 bridgehead atoms. The molecule has 4 nitrogen and oxygen atoms in total. The minimum atomic E-state index is 0.186. The lowest BCUT2D eigenvalue weighted by atomic mass is 10.2. The summed E-state index contributed by atoms with van der Waals surface area (Å²) in [7, 11) is 0. The smallest absolute Gasteiger partial charge is 0.156 e. The zero-order valence-corrected chi connectivity index (χ0v) is 8.35. The Morgan fingerprint density at radius 3 is 3.00 bits per heavy atom. The summed E-state index contributed by atoms with van der Waals surface area (Å²) in [5.74, 6) is 0.779. The van der Waals surface area contributed by atoms with Gasteiger partial charge in [-0.25, -0.2) is 0 Å². The van der Waals surface area contributed by atoms with Crippen LogP contribution in [-0.4, -0.2) is 28.5 Å². The molecule has 0 fully saturated rings. The first kappa shape index (κ1) is 9.86. The zero-order chi connectivity index (χ0) is 10.5. The normalized spacial score (nSPS) is 10.5. The number of benzene rings is 1. The Balaban J connectivity index is 2.26. The lowest BCUT2D eigenvalue weighted by Crippen LogP contribution is -2.06. The van der Waals surface area contributed by atoms with Crippen molar-refractivity contribution in [3.63, 3.8) is 0 Å². The Morgan fingerprint density at radius 1 is 1.27 bits per heavy atom. The molecule has 2 rings (SSSR count). The fraction of sp³-hybridized carbons (Fsp3) is 0.273. The van der Waals surface area contributed by atoms with Gasteiger partial charge in [-0.2, -0.15) is 5.10 Å². The highest BCUT2D eigenvalue weighted by Crippen LogP contribution is 2.18. The summed E-state index contributed by atoms with van der Waals surface area (Å²) in [6.45, 7) is 0.893. The van der Waals surface area contributed by atoms with E-state index in [2.05, 4.69) is 15.5 Å². The third kappa shape index (κ3) is 2.22. The quantitative estimate of drug-likeness (QED) is 0.738. The predicted molar refractivity (Wildman–Crippen MR) is 59.7 cm³/mol. The molecule has 0 aliphatic heterocycles. The van der Waals surface area contributed by atoms with Gasteiger partial charge < -0.3 is 10.4 Å². The van der Waals surface area contributed by atoms with Crippen LogP contribution in [0.1, 0.15) is 6.42 Å². The van der Waals surface area contributed by atoms with Crippen LogP contribution in [0.4, 0.5) is 5.82 Å². The van der Waals surface area contributed by atoms with Crippen molar-refractivity contribution in [3.8, 4) is 0 Å². The summed E-state index contributed by atoms with van der Waals surface area (Å²) >= 11 is 0. The third-order valence-corrected chi connectivity index (χ3v) is 2.20. The molecule has 2 aromatic rings.